The molecule has 0 spiro atoms. The van der Waals surface area contributed by atoms with Crippen LogP contribution in [0.3, 0.4) is 0 Å². The summed E-state index contributed by atoms with van der Waals surface area (Å²) in [4.78, 5) is 6.73. The van der Waals surface area contributed by atoms with Gasteiger partial charge in [0.05, 0.1) is 19.1 Å². The summed E-state index contributed by atoms with van der Waals surface area (Å²) in [6.45, 7) is 5.65. The molecule has 132 valence electrons. The van der Waals surface area contributed by atoms with Crippen LogP contribution in [-0.2, 0) is 17.7 Å². The van der Waals surface area contributed by atoms with E-state index >= 15 is 0 Å². The summed E-state index contributed by atoms with van der Waals surface area (Å²) in [5.41, 5.74) is 0. The van der Waals surface area contributed by atoms with Crippen LogP contribution < -0.4 is 5.32 Å². The third kappa shape index (κ3) is 6.50. The molecule has 6 heteroatoms. The topological polar surface area (TPSA) is 63.1 Å². The summed E-state index contributed by atoms with van der Waals surface area (Å²) >= 11 is 0. The van der Waals surface area contributed by atoms with Gasteiger partial charge in [0.15, 0.2) is 5.96 Å². The Balaban J connectivity index is 1.85. The first-order chi connectivity index (χ1) is 11.8. The van der Waals surface area contributed by atoms with Crippen molar-refractivity contribution in [3.05, 3.63) is 48.3 Å². The first-order valence-electron chi connectivity index (χ1n) is 8.41. The molecule has 1 N–H and O–H groups in total. The molecule has 24 heavy (non-hydrogen) atoms. The van der Waals surface area contributed by atoms with Crippen LogP contribution in [0.5, 0.6) is 0 Å². The zero-order valence-electron chi connectivity index (χ0n) is 14.5. The third-order valence-electron chi connectivity index (χ3n) is 3.48. The van der Waals surface area contributed by atoms with Crippen molar-refractivity contribution >= 4 is 5.96 Å². The van der Waals surface area contributed by atoms with E-state index in [0.29, 0.717) is 6.54 Å². The van der Waals surface area contributed by atoms with Crippen LogP contribution in [0, 0.1) is 0 Å². The predicted molar refractivity (Wildman–Crippen MR) is 94.0 cm³/mol. The Labute approximate surface area is 143 Å². The molecule has 6 nitrogen and oxygen atoms in total. The minimum Gasteiger partial charge on any atom is -0.469 e. The lowest BCUT2D eigenvalue weighted by Gasteiger charge is -2.21. The summed E-state index contributed by atoms with van der Waals surface area (Å²) in [5, 5.41) is 3.39. The third-order valence-corrected chi connectivity index (χ3v) is 3.48. The van der Waals surface area contributed by atoms with Crippen LogP contribution >= 0.6 is 0 Å². The van der Waals surface area contributed by atoms with Crippen molar-refractivity contribution in [1.29, 1.82) is 0 Å². The zero-order valence-corrected chi connectivity index (χ0v) is 14.5. The highest BCUT2D eigenvalue weighted by Crippen LogP contribution is 2.05. The number of rotatable bonds is 10. The van der Waals surface area contributed by atoms with E-state index in [4.69, 9.17) is 13.6 Å². The Morgan fingerprint density at radius 2 is 1.96 bits per heavy atom. The van der Waals surface area contributed by atoms with E-state index in [1.165, 1.54) is 0 Å². The number of hydrogen-bond acceptors (Lipinski definition) is 4. The van der Waals surface area contributed by atoms with Crippen molar-refractivity contribution in [3.63, 3.8) is 0 Å². The van der Waals surface area contributed by atoms with Crippen molar-refractivity contribution in [2.45, 2.75) is 26.3 Å². The lowest BCUT2D eigenvalue weighted by Crippen LogP contribution is -2.39. The maximum atomic E-state index is 5.42. The molecular formula is C18H27N3O3. The maximum Gasteiger partial charge on any atom is 0.194 e. The van der Waals surface area contributed by atoms with Crippen LogP contribution in [0.4, 0.5) is 0 Å². The predicted octanol–water partition coefficient (Wildman–Crippen LogP) is 2.92. The quantitative estimate of drug-likeness (QED) is 0.411. The van der Waals surface area contributed by atoms with E-state index in [1.54, 1.807) is 12.5 Å². The molecule has 0 aliphatic carbocycles. The van der Waals surface area contributed by atoms with E-state index in [9.17, 15) is 0 Å². The number of aliphatic imine (C=N–C) groups is 1. The van der Waals surface area contributed by atoms with Gasteiger partial charge < -0.3 is 23.8 Å². The maximum absolute atomic E-state index is 5.42. The molecule has 0 bridgehead atoms. The molecule has 0 aliphatic rings. The Kier molecular flexibility index (Phi) is 7.97. The molecule has 0 saturated carbocycles. The van der Waals surface area contributed by atoms with E-state index < -0.39 is 0 Å². The van der Waals surface area contributed by atoms with Gasteiger partial charge in [0.1, 0.15) is 11.5 Å². The molecule has 2 rings (SSSR count). The van der Waals surface area contributed by atoms with Crippen molar-refractivity contribution in [3.8, 4) is 0 Å². The van der Waals surface area contributed by atoms with Crippen LogP contribution in [0.1, 0.15) is 24.9 Å². The Morgan fingerprint density at radius 1 is 1.21 bits per heavy atom. The van der Waals surface area contributed by atoms with Crippen LogP contribution in [0.25, 0.3) is 0 Å². The standard InChI is InChI=1S/C18H27N3O3/c1-3-22-12-6-10-19-18(20-11-9-16-7-4-13-23-16)21(2)15-17-8-5-14-24-17/h4-5,7-8,13-14H,3,6,9-12,15H2,1-2H3,(H,19,20). The summed E-state index contributed by atoms with van der Waals surface area (Å²) < 4.78 is 16.1. The molecule has 0 fully saturated rings. The summed E-state index contributed by atoms with van der Waals surface area (Å²) in [7, 11) is 2.00. The molecule has 0 unspecified atom stereocenters. The lowest BCUT2D eigenvalue weighted by molar-refractivity contribution is 0.146. The van der Waals surface area contributed by atoms with E-state index in [-0.39, 0.29) is 0 Å². The van der Waals surface area contributed by atoms with Crippen LogP contribution in [0.2, 0.25) is 0 Å². The highest BCUT2D eigenvalue weighted by atomic mass is 16.5. The molecule has 0 amide bonds. The minimum absolute atomic E-state index is 0.672. The van der Waals surface area contributed by atoms with E-state index in [1.807, 2.05) is 38.2 Å². The number of ether oxygens (including phenoxy) is 1. The largest absolute Gasteiger partial charge is 0.469 e. The van der Waals surface area contributed by atoms with Gasteiger partial charge in [-0.1, -0.05) is 0 Å². The summed E-state index contributed by atoms with van der Waals surface area (Å²) in [6.07, 6.45) is 5.11. The molecule has 0 aromatic carbocycles. The normalized spacial score (nSPS) is 11.7. The van der Waals surface area contributed by atoms with Gasteiger partial charge in [0.2, 0.25) is 0 Å². The number of guanidine groups is 1. The average molecular weight is 333 g/mol. The van der Waals surface area contributed by atoms with Crippen molar-refractivity contribution < 1.29 is 13.6 Å². The fourth-order valence-electron chi connectivity index (χ4n) is 2.27. The fourth-order valence-corrected chi connectivity index (χ4v) is 2.27. The molecule has 0 radical (unpaired) electrons. The highest BCUT2D eigenvalue weighted by Gasteiger charge is 2.09. The minimum atomic E-state index is 0.672. The Bertz CT molecular complexity index is 564. The first kappa shape index (κ1) is 18.1. The van der Waals surface area contributed by atoms with Gasteiger partial charge >= 0.3 is 0 Å². The number of nitrogens with one attached hydrogen (secondary N) is 1. The van der Waals surface area contributed by atoms with Gasteiger partial charge in [0.25, 0.3) is 0 Å². The monoisotopic (exact) mass is 333 g/mol. The van der Waals surface area contributed by atoms with Crippen molar-refractivity contribution in [2.75, 3.05) is 33.4 Å². The fraction of sp³-hybridized carbons (Fsp3) is 0.500. The second-order valence-corrected chi connectivity index (χ2v) is 5.45. The second kappa shape index (κ2) is 10.5. The second-order valence-electron chi connectivity index (χ2n) is 5.45. The molecular weight excluding hydrogens is 306 g/mol. The van der Waals surface area contributed by atoms with E-state index in [2.05, 4.69) is 15.2 Å². The van der Waals surface area contributed by atoms with Gasteiger partial charge in [-0.15, -0.1) is 0 Å². The van der Waals surface area contributed by atoms with E-state index in [0.717, 1.165) is 56.6 Å². The van der Waals surface area contributed by atoms with Crippen molar-refractivity contribution in [1.82, 2.24) is 10.2 Å². The number of furan rings is 2. The van der Waals surface area contributed by atoms with Crippen LogP contribution in [-0.4, -0.2) is 44.2 Å². The lowest BCUT2D eigenvalue weighted by atomic mass is 10.3. The van der Waals surface area contributed by atoms with Gasteiger partial charge in [0, 0.05) is 39.8 Å². The molecule has 0 atom stereocenters. The molecule has 2 heterocycles. The summed E-state index contributed by atoms with van der Waals surface area (Å²) in [6, 6.07) is 7.74. The average Bonchev–Trinajstić information content (AvgIpc) is 3.26. The van der Waals surface area contributed by atoms with Crippen LogP contribution in [0.15, 0.2) is 50.6 Å². The van der Waals surface area contributed by atoms with Gasteiger partial charge in [-0.3, -0.25) is 4.99 Å². The Morgan fingerprint density at radius 3 is 2.62 bits per heavy atom. The summed E-state index contributed by atoms with van der Waals surface area (Å²) in [5.74, 6) is 2.73. The van der Waals surface area contributed by atoms with Gasteiger partial charge in [-0.05, 0) is 37.6 Å². The SMILES string of the molecule is CCOCCCN=C(NCCc1ccco1)N(C)Cc1ccco1. The highest BCUT2D eigenvalue weighted by molar-refractivity contribution is 5.79. The first-order valence-corrected chi connectivity index (χ1v) is 8.41. The molecule has 0 saturated heterocycles. The molecule has 2 aromatic rings. The molecule has 0 aliphatic heterocycles. The zero-order chi connectivity index (χ0) is 17.0. The number of nitrogens with zero attached hydrogens (tertiary/aromatic N) is 2. The van der Waals surface area contributed by atoms with Crippen molar-refractivity contribution in [2.24, 2.45) is 4.99 Å². The Hall–Kier alpha value is -2.21. The van der Waals surface area contributed by atoms with Gasteiger partial charge in [-0.25, -0.2) is 0 Å². The number of hydrogen-bond donors (Lipinski definition) is 1. The molecule has 2 aromatic heterocycles. The smallest absolute Gasteiger partial charge is 0.194 e. The van der Waals surface area contributed by atoms with Gasteiger partial charge in [-0.2, -0.15) is 0 Å².